The van der Waals surface area contributed by atoms with Crippen LogP contribution in [0.2, 0.25) is 0 Å². The molecule has 0 unspecified atom stereocenters. The minimum Gasteiger partial charge on any atom is -1.00 e. The van der Waals surface area contributed by atoms with E-state index < -0.39 is 6.10 Å². The topological polar surface area (TPSA) is 69.9 Å². The second-order valence-electron chi connectivity index (χ2n) is 2.13. The maximum atomic E-state index is 8.17. The number of hydrogen-bond acceptors (Lipinski definition) is 4. The molecule has 14 heavy (non-hydrogen) atoms. The predicted molar refractivity (Wildman–Crippen MR) is 52.5 cm³/mol. The summed E-state index contributed by atoms with van der Waals surface area (Å²) >= 11 is 0. The predicted octanol–water partition coefficient (Wildman–Crippen LogP) is -3.18. The zero-order valence-corrected chi connectivity index (χ0v) is 11.8. The van der Waals surface area contributed by atoms with E-state index in [9.17, 15) is 0 Å². The van der Waals surface area contributed by atoms with Gasteiger partial charge in [-0.3, -0.25) is 0 Å². The number of rotatable bonds is 6. The first kappa shape index (κ1) is 20.4. The second kappa shape index (κ2) is 19.5. The van der Waals surface area contributed by atoms with Crippen molar-refractivity contribution in [3.05, 3.63) is 25.3 Å². The van der Waals surface area contributed by atoms with Crippen LogP contribution in [0.1, 0.15) is 1.43 Å². The Morgan fingerprint density at radius 2 is 1.50 bits per heavy atom. The molecular weight excluding hydrogens is 211 g/mol. The molecular formula is C9H19KO4. The minimum absolute atomic E-state index is 0. The molecule has 0 aromatic rings. The summed E-state index contributed by atoms with van der Waals surface area (Å²) in [5.41, 5.74) is 0. The van der Waals surface area contributed by atoms with Crippen LogP contribution < -0.4 is 51.4 Å². The Labute approximate surface area is 129 Å². The molecule has 0 aromatic heterocycles. The largest absolute Gasteiger partial charge is 1.00 e. The van der Waals surface area contributed by atoms with E-state index in [1.807, 2.05) is 0 Å². The molecule has 0 heterocycles. The van der Waals surface area contributed by atoms with E-state index >= 15 is 0 Å². The van der Waals surface area contributed by atoms with Gasteiger partial charge in [-0.2, -0.15) is 0 Å². The average molecular weight is 230 g/mol. The third kappa shape index (κ3) is 23.1. The molecule has 4 nitrogen and oxygen atoms in total. The van der Waals surface area contributed by atoms with Crippen LogP contribution in [0.4, 0.5) is 0 Å². The zero-order chi connectivity index (χ0) is 10.5. The minimum atomic E-state index is -0.954. The van der Waals surface area contributed by atoms with Crippen LogP contribution in [0.25, 0.3) is 0 Å². The molecule has 5 heteroatoms. The average Bonchev–Trinajstić information content (AvgIpc) is 2.18. The maximum absolute atomic E-state index is 8.17. The summed E-state index contributed by atoms with van der Waals surface area (Å²) < 4.78 is 4.90. The SMILES string of the molecule is C=CCOCC=C.OCC(O)CO.[H-].[K+]. The van der Waals surface area contributed by atoms with Crippen molar-refractivity contribution < 1.29 is 72.9 Å². The van der Waals surface area contributed by atoms with Gasteiger partial charge in [0.25, 0.3) is 0 Å². The normalized spacial score (nSPS) is 8.29. The van der Waals surface area contributed by atoms with E-state index in [4.69, 9.17) is 20.1 Å². The Kier molecular flexibility index (Phi) is 28.4. The van der Waals surface area contributed by atoms with Crippen molar-refractivity contribution in [2.24, 2.45) is 0 Å². The quantitative estimate of drug-likeness (QED) is 0.256. The maximum Gasteiger partial charge on any atom is 1.00 e. The second-order valence-corrected chi connectivity index (χ2v) is 2.13. The monoisotopic (exact) mass is 230 g/mol. The molecule has 0 aliphatic carbocycles. The van der Waals surface area contributed by atoms with Crippen LogP contribution in [0.5, 0.6) is 0 Å². The Morgan fingerprint density at radius 1 is 1.14 bits per heavy atom. The molecule has 0 spiro atoms. The van der Waals surface area contributed by atoms with Crippen LogP contribution in [0.3, 0.4) is 0 Å². The molecule has 0 radical (unpaired) electrons. The summed E-state index contributed by atoms with van der Waals surface area (Å²) in [6, 6.07) is 0. The molecule has 0 aliphatic rings. The smallest absolute Gasteiger partial charge is 1.00 e. The molecule has 0 saturated heterocycles. The zero-order valence-electron chi connectivity index (χ0n) is 9.72. The van der Waals surface area contributed by atoms with Gasteiger partial charge in [0.1, 0.15) is 6.10 Å². The number of hydrogen-bond donors (Lipinski definition) is 3. The summed E-state index contributed by atoms with van der Waals surface area (Å²) in [6.07, 6.45) is 2.47. The van der Waals surface area contributed by atoms with Crippen molar-refractivity contribution >= 4 is 0 Å². The first-order valence-electron chi connectivity index (χ1n) is 3.92. The Morgan fingerprint density at radius 3 is 1.64 bits per heavy atom. The summed E-state index contributed by atoms with van der Waals surface area (Å²) in [7, 11) is 0. The molecule has 80 valence electrons. The van der Waals surface area contributed by atoms with Gasteiger partial charge in [0.05, 0.1) is 26.4 Å². The van der Waals surface area contributed by atoms with Crippen LogP contribution in [0.15, 0.2) is 25.3 Å². The van der Waals surface area contributed by atoms with E-state index in [1.54, 1.807) is 12.2 Å². The fourth-order valence-corrected chi connectivity index (χ4v) is 0.292. The Hall–Kier alpha value is 0.956. The van der Waals surface area contributed by atoms with Crippen molar-refractivity contribution in [1.29, 1.82) is 0 Å². The molecule has 0 aliphatic heterocycles. The standard InChI is InChI=1S/C6H10O.C3H8O3.K.H/c1-3-5-7-6-4-2;4-1-3(6)2-5;;/h3-4H,1-2,5-6H2;3-6H,1-2H2;;/q;;+1;-1. The third-order valence-electron chi connectivity index (χ3n) is 0.893. The number of aliphatic hydroxyl groups is 3. The van der Waals surface area contributed by atoms with Gasteiger partial charge in [0.2, 0.25) is 0 Å². The van der Waals surface area contributed by atoms with Crippen molar-refractivity contribution in [3.8, 4) is 0 Å². The third-order valence-corrected chi connectivity index (χ3v) is 0.893. The summed E-state index contributed by atoms with van der Waals surface area (Å²) in [5.74, 6) is 0. The van der Waals surface area contributed by atoms with Gasteiger partial charge in [0.15, 0.2) is 0 Å². The van der Waals surface area contributed by atoms with E-state index in [0.29, 0.717) is 13.2 Å². The van der Waals surface area contributed by atoms with Gasteiger partial charge in [-0.1, -0.05) is 12.2 Å². The van der Waals surface area contributed by atoms with Crippen molar-refractivity contribution in [2.45, 2.75) is 6.10 Å². The van der Waals surface area contributed by atoms with Gasteiger partial charge < -0.3 is 21.5 Å². The van der Waals surface area contributed by atoms with Gasteiger partial charge in [-0.15, -0.1) is 13.2 Å². The first-order valence-corrected chi connectivity index (χ1v) is 3.92. The molecule has 0 rings (SSSR count). The number of ether oxygens (including phenoxy) is 1. The Balaban J connectivity index is -0.0000000718. The van der Waals surface area contributed by atoms with Crippen molar-refractivity contribution in [1.82, 2.24) is 0 Å². The van der Waals surface area contributed by atoms with E-state index in [-0.39, 0.29) is 66.0 Å². The fraction of sp³-hybridized carbons (Fsp3) is 0.556. The van der Waals surface area contributed by atoms with Gasteiger partial charge >= 0.3 is 51.4 Å². The van der Waals surface area contributed by atoms with Gasteiger partial charge in [-0.05, 0) is 0 Å². The Bertz CT molecular complexity index is 113. The summed E-state index contributed by atoms with van der Waals surface area (Å²) in [5, 5.41) is 24.0. The first-order chi connectivity index (χ1) is 6.22. The molecule has 0 fully saturated rings. The van der Waals surface area contributed by atoms with E-state index in [0.717, 1.165) is 0 Å². The van der Waals surface area contributed by atoms with Crippen LogP contribution in [0, 0.1) is 0 Å². The van der Waals surface area contributed by atoms with E-state index in [1.165, 1.54) is 0 Å². The number of aliphatic hydroxyl groups excluding tert-OH is 3. The van der Waals surface area contributed by atoms with Gasteiger partial charge in [0, 0.05) is 0 Å². The molecule has 0 atom stereocenters. The van der Waals surface area contributed by atoms with E-state index in [2.05, 4.69) is 13.2 Å². The fourth-order valence-electron chi connectivity index (χ4n) is 0.292. The van der Waals surface area contributed by atoms with Crippen molar-refractivity contribution in [3.63, 3.8) is 0 Å². The van der Waals surface area contributed by atoms with Crippen molar-refractivity contribution in [2.75, 3.05) is 26.4 Å². The summed E-state index contributed by atoms with van der Waals surface area (Å²) in [6.45, 7) is 7.45. The summed E-state index contributed by atoms with van der Waals surface area (Å²) in [4.78, 5) is 0. The molecule has 0 saturated carbocycles. The van der Waals surface area contributed by atoms with Crippen LogP contribution in [-0.2, 0) is 4.74 Å². The molecule has 0 amide bonds. The molecule has 0 bridgehead atoms. The van der Waals surface area contributed by atoms with Gasteiger partial charge in [-0.25, -0.2) is 0 Å². The molecule has 3 N–H and O–H groups in total. The molecule has 0 aromatic carbocycles. The van der Waals surface area contributed by atoms with Crippen LogP contribution >= 0.6 is 0 Å². The van der Waals surface area contributed by atoms with Crippen LogP contribution in [-0.4, -0.2) is 47.9 Å².